The number of phenols is 1. The van der Waals surface area contributed by atoms with Gasteiger partial charge in [0.25, 0.3) is 0 Å². The van der Waals surface area contributed by atoms with Crippen LogP contribution in [-0.4, -0.2) is 28.9 Å². The number of carbonyl (C=O) groups is 2. The Morgan fingerprint density at radius 1 is 1.09 bits per heavy atom. The first kappa shape index (κ1) is 23.6. The highest BCUT2D eigenvalue weighted by atomic mass is 16.5. The van der Waals surface area contributed by atoms with Crippen LogP contribution >= 0.6 is 0 Å². The largest absolute Gasteiger partial charge is 0.504 e. The van der Waals surface area contributed by atoms with Crippen molar-refractivity contribution < 1.29 is 24.5 Å². The molecule has 0 aliphatic heterocycles. The molecule has 5 nitrogen and oxygen atoms in total. The molecule has 0 radical (unpaired) electrons. The van der Waals surface area contributed by atoms with Gasteiger partial charge in [0.15, 0.2) is 17.3 Å². The van der Waals surface area contributed by atoms with Crippen molar-refractivity contribution in [3.63, 3.8) is 0 Å². The summed E-state index contributed by atoms with van der Waals surface area (Å²) >= 11 is 0. The van der Waals surface area contributed by atoms with E-state index in [4.69, 9.17) is 4.74 Å². The molecule has 0 bridgehead atoms. The van der Waals surface area contributed by atoms with Crippen LogP contribution in [-0.2, 0) is 16.8 Å². The smallest absolute Gasteiger partial charge is 0.186 e. The van der Waals surface area contributed by atoms with E-state index >= 15 is 0 Å². The van der Waals surface area contributed by atoms with E-state index in [1.165, 1.54) is 7.11 Å². The molecule has 0 amide bonds. The number of ether oxygens (including phenoxy) is 1. The Morgan fingerprint density at radius 2 is 1.79 bits per heavy atom. The SMILES string of the molecule is COc1c(O)cc2c(c1CO)C(=O)C=C1[C@@]2(C)CC[C@@]2(C)[C@@H]3C[C@@H](C)C(=O)C[C@]3(C)CC[C@]12C. The van der Waals surface area contributed by atoms with E-state index in [1.807, 2.05) is 6.08 Å². The number of ketones is 2. The number of carbonyl (C=O) groups excluding carboxylic acids is 2. The van der Waals surface area contributed by atoms with E-state index in [1.54, 1.807) is 6.07 Å². The van der Waals surface area contributed by atoms with Crippen LogP contribution in [0.25, 0.3) is 0 Å². The van der Waals surface area contributed by atoms with Gasteiger partial charge >= 0.3 is 0 Å². The van der Waals surface area contributed by atoms with Crippen molar-refractivity contribution >= 4 is 11.6 Å². The van der Waals surface area contributed by atoms with Crippen LogP contribution < -0.4 is 4.74 Å². The van der Waals surface area contributed by atoms with Gasteiger partial charge in [0.05, 0.1) is 13.7 Å². The number of aliphatic hydroxyl groups excluding tert-OH is 1. The molecule has 4 aliphatic rings. The monoisotopic (exact) mass is 466 g/mol. The molecule has 3 saturated carbocycles. The third kappa shape index (κ3) is 2.71. The van der Waals surface area contributed by atoms with Crippen molar-refractivity contribution in [2.75, 3.05) is 7.11 Å². The number of aromatic hydroxyl groups is 1. The highest BCUT2D eigenvalue weighted by molar-refractivity contribution is 6.10. The summed E-state index contributed by atoms with van der Waals surface area (Å²) in [6.45, 7) is 11.0. The van der Waals surface area contributed by atoms with E-state index in [-0.39, 0.29) is 46.1 Å². The first-order chi connectivity index (χ1) is 15.9. The Labute approximate surface area is 202 Å². The van der Waals surface area contributed by atoms with Gasteiger partial charge in [0, 0.05) is 28.9 Å². The normalized spacial score (nSPS) is 41.1. The topological polar surface area (TPSA) is 83.8 Å². The Kier molecular flexibility index (Phi) is 4.99. The Bertz CT molecular complexity index is 1130. The molecule has 0 aromatic heterocycles. The Morgan fingerprint density at radius 3 is 2.44 bits per heavy atom. The number of fused-ring (bicyclic) bond motifs is 7. The number of aliphatic hydroxyl groups is 1. The molecule has 34 heavy (non-hydrogen) atoms. The van der Waals surface area contributed by atoms with E-state index in [9.17, 15) is 19.8 Å². The minimum Gasteiger partial charge on any atom is -0.504 e. The third-order valence-corrected chi connectivity index (χ3v) is 11.0. The molecule has 5 heteroatoms. The average molecular weight is 467 g/mol. The van der Waals surface area contributed by atoms with Crippen LogP contribution in [0.3, 0.4) is 0 Å². The maximum atomic E-state index is 13.6. The first-order valence-corrected chi connectivity index (χ1v) is 12.7. The molecule has 0 spiro atoms. The molecule has 5 rings (SSSR count). The molecule has 4 aliphatic carbocycles. The second kappa shape index (κ2) is 7.19. The average Bonchev–Trinajstić information content (AvgIpc) is 2.78. The molecule has 0 unspecified atom stereocenters. The van der Waals surface area contributed by atoms with Gasteiger partial charge in [-0.25, -0.2) is 0 Å². The molecule has 184 valence electrons. The predicted molar refractivity (Wildman–Crippen MR) is 130 cm³/mol. The van der Waals surface area contributed by atoms with E-state index in [0.717, 1.165) is 43.2 Å². The first-order valence-electron chi connectivity index (χ1n) is 12.7. The summed E-state index contributed by atoms with van der Waals surface area (Å²) < 4.78 is 5.35. The lowest BCUT2D eigenvalue weighted by molar-refractivity contribution is -0.160. The second-order valence-electron chi connectivity index (χ2n) is 12.5. The highest BCUT2D eigenvalue weighted by Gasteiger charge is 2.66. The van der Waals surface area contributed by atoms with Gasteiger partial charge in [-0.3, -0.25) is 9.59 Å². The summed E-state index contributed by atoms with van der Waals surface area (Å²) in [6, 6.07) is 1.69. The van der Waals surface area contributed by atoms with E-state index < -0.39 is 5.41 Å². The Hall–Kier alpha value is -2.14. The lowest BCUT2D eigenvalue weighted by atomic mass is 9.35. The van der Waals surface area contributed by atoms with Crippen LogP contribution in [0.2, 0.25) is 0 Å². The molecule has 3 fully saturated rings. The quantitative estimate of drug-likeness (QED) is 0.602. The number of hydrogen-bond donors (Lipinski definition) is 2. The third-order valence-electron chi connectivity index (χ3n) is 11.0. The van der Waals surface area contributed by atoms with Crippen molar-refractivity contribution in [1.29, 1.82) is 0 Å². The van der Waals surface area contributed by atoms with Gasteiger partial charge in [0.1, 0.15) is 5.78 Å². The number of rotatable bonds is 2. The minimum absolute atomic E-state index is 0.0123. The predicted octanol–water partition coefficient (Wildman–Crippen LogP) is 5.50. The number of allylic oxidation sites excluding steroid dienone is 2. The number of benzene rings is 1. The maximum Gasteiger partial charge on any atom is 0.186 e. The molecular weight excluding hydrogens is 428 g/mol. The minimum atomic E-state index is -0.408. The van der Waals surface area contributed by atoms with Crippen LogP contribution in [0, 0.1) is 28.1 Å². The highest BCUT2D eigenvalue weighted by Crippen LogP contribution is 2.73. The van der Waals surface area contributed by atoms with Crippen molar-refractivity contribution in [1.82, 2.24) is 0 Å². The molecular formula is C29H38O5. The van der Waals surface area contributed by atoms with Gasteiger partial charge in [0.2, 0.25) is 0 Å². The zero-order valence-electron chi connectivity index (χ0n) is 21.4. The van der Waals surface area contributed by atoms with Crippen LogP contribution in [0.4, 0.5) is 0 Å². The second-order valence-corrected chi connectivity index (χ2v) is 12.5. The summed E-state index contributed by atoms with van der Waals surface area (Å²) in [4.78, 5) is 26.3. The lowest BCUT2D eigenvalue weighted by Gasteiger charge is -2.69. The molecule has 6 atom stereocenters. The number of phenolic OH excluding ortho intramolecular Hbond substituents is 1. The lowest BCUT2D eigenvalue weighted by Crippen LogP contribution is -2.62. The number of hydrogen-bond acceptors (Lipinski definition) is 5. The van der Waals surface area contributed by atoms with Crippen molar-refractivity contribution in [3.8, 4) is 11.5 Å². The van der Waals surface area contributed by atoms with Gasteiger partial charge in [-0.05, 0) is 77.5 Å². The van der Waals surface area contributed by atoms with Gasteiger partial charge < -0.3 is 14.9 Å². The summed E-state index contributed by atoms with van der Waals surface area (Å²) in [5.74, 6) is 0.936. The van der Waals surface area contributed by atoms with Crippen molar-refractivity contribution in [2.24, 2.45) is 28.1 Å². The molecule has 0 saturated heterocycles. The fourth-order valence-electron chi connectivity index (χ4n) is 8.71. The van der Waals surface area contributed by atoms with Gasteiger partial charge in [-0.15, -0.1) is 0 Å². The number of methoxy groups -OCH3 is 1. The molecule has 2 N–H and O–H groups in total. The number of Topliss-reactive ketones (excluding diaryl/α,β-unsaturated/α-hetero) is 1. The Balaban J connectivity index is 1.68. The van der Waals surface area contributed by atoms with Crippen LogP contribution in [0.5, 0.6) is 11.5 Å². The van der Waals surface area contributed by atoms with Crippen LogP contribution in [0.15, 0.2) is 17.7 Å². The molecule has 1 aromatic rings. The van der Waals surface area contributed by atoms with Crippen LogP contribution in [0.1, 0.15) is 94.6 Å². The summed E-state index contributed by atoms with van der Waals surface area (Å²) in [6.07, 6.45) is 7.20. The van der Waals surface area contributed by atoms with E-state index in [0.29, 0.717) is 29.2 Å². The zero-order chi connectivity index (χ0) is 24.8. The standard InChI is InChI=1S/C29H38O5/c1-16-11-22-26(2,14-21(16)33)7-9-29(5)23-13-19(31)24-17(15-30)25(34-6)20(32)12-18(24)27(23,3)8-10-28(22,29)4/h12-13,16,22,30,32H,7-11,14-15H2,1-6H3/t16-,22-,26+,27+,28+,29-/m1/s1. The fraction of sp³-hybridized carbons (Fsp3) is 0.655. The molecule has 1 aromatic carbocycles. The zero-order valence-corrected chi connectivity index (χ0v) is 21.4. The van der Waals surface area contributed by atoms with Crippen molar-refractivity contribution in [3.05, 3.63) is 34.4 Å². The summed E-state index contributed by atoms with van der Waals surface area (Å²) in [5, 5.41) is 20.9. The van der Waals surface area contributed by atoms with E-state index in [2.05, 4.69) is 34.6 Å². The van der Waals surface area contributed by atoms with Crippen molar-refractivity contribution in [2.45, 2.75) is 85.2 Å². The van der Waals surface area contributed by atoms with Gasteiger partial charge in [-0.1, -0.05) is 34.6 Å². The fourth-order valence-corrected chi connectivity index (χ4v) is 8.71. The molecule has 0 heterocycles. The maximum absolute atomic E-state index is 13.6. The van der Waals surface area contributed by atoms with Gasteiger partial charge in [-0.2, -0.15) is 0 Å². The summed E-state index contributed by atoms with van der Waals surface area (Å²) in [7, 11) is 1.44. The summed E-state index contributed by atoms with van der Waals surface area (Å²) in [5.41, 5.74) is 2.21.